The topological polar surface area (TPSA) is 75.2 Å². The number of carbonyl (C=O) groups is 2. The van der Waals surface area contributed by atoms with E-state index in [1.807, 2.05) is 10.3 Å². The lowest BCUT2D eigenvalue weighted by Gasteiger charge is -2.23. The van der Waals surface area contributed by atoms with Crippen molar-refractivity contribution in [2.24, 2.45) is 0 Å². The molecular formula is C21H28N4O4S. The number of hydrogen-bond donors (Lipinski definition) is 0. The maximum Gasteiger partial charge on any atom is 0.254 e. The van der Waals surface area contributed by atoms with Crippen LogP contribution < -0.4 is 9.47 Å². The largest absolute Gasteiger partial charge is 0.493 e. The number of thiazole rings is 1. The van der Waals surface area contributed by atoms with Crippen LogP contribution in [0.5, 0.6) is 11.5 Å². The van der Waals surface area contributed by atoms with Crippen molar-refractivity contribution < 1.29 is 19.1 Å². The first-order valence-electron chi connectivity index (χ1n) is 9.87. The average molecular weight is 433 g/mol. The summed E-state index contributed by atoms with van der Waals surface area (Å²) in [5.74, 6) is 1.13. The van der Waals surface area contributed by atoms with Gasteiger partial charge in [-0.25, -0.2) is 4.98 Å². The van der Waals surface area contributed by atoms with E-state index in [0.29, 0.717) is 49.8 Å². The van der Waals surface area contributed by atoms with Crippen molar-refractivity contribution in [1.29, 1.82) is 0 Å². The third-order valence-electron chi connectivity index (χ3n) is 5.00. The predicted octanol–water partition coefficient (Wildman–Crippen LogP) is 1.97. The van der Waals surface area contributed by atoms with E-state index in [9.17, 15) is 9.59 Å². The van der Waals surface area contributed by atoms with Crippen LogP contribution in [0.15, 0.2) is 29.1 Å². The first kappa shape index (κ1) is 22.0. The molecule has 1 aromatic carbocycles. The van der Waals surface area contributed by atoms with E-state index in [2.05, 4.69) is 9.88 Å². The third-order valence-corrected chi connectivity index (χ3v) is 5.64. The number of amides is 2. The predicted molar refractivity (Wildman–Crippen MR) is 115 cm³/mol. The Kier molecular flexibility index (Phi) is 7.64. The molecule has 9 heteroatoms. The molecule has 0 unspecified atom stereocenters. The summed E-state index contributed by atoms with van der Waals surface area (Å²) in [6.07, 6.45) is 0.832. The van der Waals surface area contributed by atoms with E-state index in [1.165, 1.54) is 11.3 Å². The summed E-state index contributed by atoms with van der Waals surface area (Å²) in [6.45, 7) is 3.46. The number of rotatable bonds is 7. The van der Waals surface area contributed by atoms with Crippen molar-refractivity contribution in [3.63, 3.8) is 0 Å². The third kappa shape index (κ3) is 5.70. The highest BCUT2D eigenvalue weighted by molar-refractivity contribution is 7.07. The highest BCUT2D eigenvalue weighted by Gasteiger charge is 2.23. The van der Waals surface area contributed by atoms with E-state index >= 15 is 0 Å². The summed E-state index contributed by atoms with van der Waals surface area (Å²) < 4.78 is 11.2. The van der Waals surface area contributed by atoms with Gasteiger partial charge in [0, 0.05) is 51.2 Å². The molecule has 3 rings (SSSR count). The lowest BCUT2D eigenvalue weighted by molar-refractivity contribution is -0.129. The fourth-order valence-corrected chi connectivity index (χ4v) is 3.77. The second-order valence-corrected chi connectivity index (χ2v) is 8.06. The molecule has 0 spiro atoms. The van der Waals surface area contributed by atoms with Crippen molar-refractivity contribution in [3.05, 3.63) is 40.3 Å². The Labute approximate surface area is 181 Å². The first-order chi connectivity index (χ1) is 14.5. The van der Waals surface area contributed by atoms with Gasteiger partial charge >= 0.3 is 0 Å². The molecule has 0 N–H and O–H groups in total. The molecule has 1 saturated heterocycles. The molecule has 0 atom stereocenters. The first-order valence-corrected chi connectivity index (χ1v) is 10.8. The molecule has 2 aromatic rings. The number of hydrogen-bond acceptors (Lipinski definition) is 7. The summed E-state index contributed by atoms with van der Waals surface area (Å²) in [6, 6.07) is 5.24. The molecule has 0 radical (unpaired) electrons. The van der Waals surface area contributed by atoms with Gasteiger partial charge in [-0.05, 0) is 24.6 Å². The number of likely N-dealkylation sites (N-methyl/N-ethyl adjacent to an activating group) is 1. The molecule has 30 heavy (non-hydrogen) atoms. The highest BCUT2D eigenvalue weighted by atomic mass is 32.1. The minimum atomic E-state index is -0.0415. The van der Waals surface area contributed by atoms with Crippen LogP contribution in [0.3, 0.4) is 0 Å². The Bertz CT molecular complexity index is 857. The van der Waals surface area contributed by atoms with Gasteiger partial charge in [-0.15, -0.1) is 11.3 Å². The van der Waals surface area contributed by atoms with Crippen LogP contribution >= 0.6 is 11.3 Å². The number of nitrogens with zero attached hydrogens (tertiary/aromatic N) is 4. The van der Waals surface area contributed by atoms with Crippen LogP contribution in [0.1, 0.15) is 22.5 Å². The zero-order valence-corrected chi connectivity index (χ0v) is 18.5. The molecule has 0 aliphatic carbocycles. The second-order valence-electron chi connectivity index (χ2n) is 7.34. The molecule has 1 aromatic heterocycles. The normalized spacial score (nSPS) is 14.8. The molecular weight excluding hydrogens is 404 g/mol. The molecule has 1 aliphatic rings. The van der Waals surface area contributed by atoms with Gasteiger partial charge in [-0.1, -0.05) is 0 Å². The summed E-state index contributed by atoms with van der Waals surface area (Å²) in [4.78, 5) is 34.7. The van der Waals surface area contributed by atoms with Crippen LogP contribution in [0, 0.1) is 0 Å². The van der Waals surface area contributed by atoms with Gasteiger partial charge < -0.3 is 19.3 Å². The summed E-state index contributed by atoms with van der Waals surface area (Å²) in [7, 11) is 5.08. The number of ether oxygens (including phenoxy) is 2. The van der Waals surface area contributed by atoms with Crippen LogP contribution in [0.4, 0.5) is 0 Å². The Hall–Kier alpha value is -2.65. The quantitative estimate of drug-likeness (QED) is 0.666. The van der Waals surface area contributed by atoms with Gasteiger partial charge in [0.1, 0.15) is 6.61 Å². The summed E-state index contributed by atoms with van der Waals surface area (Å²) >= 11 is 1.52. The average Bonchev–Trinajstić information content (AvgIpc) is 3.16. The molecule has 8 nitrogen and oxygen atoms in total. The molecule has 0 saturated carbocycles. The van der Waals surface area contributed by atoms with Crippen LogP contribution in [-0.4, -0.2) is 85.4 Å². The van der Waals surface area contributed by atoms with E-state index in [0.717, 1.165) is 18.7 Å². The van der Waals surface area contributed by atoms with Crippen molar-refractivity contribution in [3.8, 4) is 11.5 Å². The Morgan fingerprint density at radius 3 is 2.70 bits per heavy atom. The van der Waals surface area contributed by atoms with Crippen LogP contribution in [0.25, 0.3) is 0 Å². The Morgan fingerprint density at radius 1 is 1.17 bits per heavy atom. The molecule has 1 aliphatic heterocycles. The van der Waals surface area contributed by atoms with Crippen molar-refractivity contribution >= 4 is 23.2 Å². The number of methoxy groups -OCH3 is 1. The minimum Gasteiger partial charge on any atom is -0.493 e. The van der Waals surface area contributed by atoms with Gasteiger partial charge in [0.05, 0.1) is 24.9 Å². The van der Waals surface area contributed by atoms with Gasteiger partial charge in [0.25, 0.3) is 5.91 Å². The number of benzene rings is 1. The second kappa shape index (κ2) is 10.4. The van der Waals surface area contributed by atoms with Crippen molar-refractivity contribution in [2.75, 3.05) is 53.9 Å². The molecule has 2 amide bonds. The minimum absolute atomic E-state index is 0.0415. The maximum atomic E-state index is 13.0. The van der Waals surface area contributed by atoms with E-state index < -0.39 is 0 Å². The molecule has 2 heterocycles. The van der Waals surface area contributed by atoms with E-state index in [4.69, 9.17) is 9.47 Å². The zero-order valence-electron chi connectivity index (χ0n) is 17.7. The standard InChI is InChI=1S/C21H28N4O4S/c1-23(2)20(26)12-24-7-4-8-25(10-9-24)21(27)16-5-6-18(19(11-16)28-3)29-13-17-14-30-15-22-17/h5-6,11,14-15H,4,7-10,12-13H2,1-3H3. The van der Waals surface area contributed by atoms with E-state index in [1.54, 1.807) is 49.8 Å². The molecule has 0 bridgehead atoms. The fraction of sp³-hybridized carbons (Fsp3) is 0.476. The number of aromatic nitrogens is 1. The highest BCUT2D eigenvalue weighted by Crippen LogP contribution is 2.29. The fourth-order valence-electron chi connectivity index (χ4n) is 3.23. The summed E-state index contributed by atoms with van der Waals surface area (Å²) in [5, 5.41) is 1.93. The summed E-state index contributed by atoms with van der Waals surface area (Å²) in [5.41, 5.74) is 3.17. The SMILES string of the molecule is COc1cc(C(=O)N2CCCN(CC(=O)N(C)C)CC2)ccc1OCc1cscn1. The van der Waals surface area contributed by atoms with Crippen LogP contribution in [0.2, 0.25) is 0 Å². The van der Waals surface area contributed by atoms with Gasteiger partial charge in [-0.3, -0.25) is 14.5 Å². The van der Waals surface area contributed by atoms with E-state index in [-0.39, 0.29) is 11.8 Å². The van der Waals surface area contributed by atoms with Gasteiger partial charge in [-0.2, -0.15) is 0 Å². The Balaban J connectivity index is 1.62. The maximum absolute atomic E-state index is 13.0. The Morgan fingerprint density at radius 2 is 2.00 bits per heavy atom. The van der Waals surface area contributed by atoms with Crippen molar-refractivity contribution in [1.82, 2.24) is 19.7 Å². The van der Waals surface area contributed by atoms with Gasteiger partial charge in [0.2, 0.25) is 5.91 Å². The molecule has 1 fully saturated rings. The smallest absolute Gasteiger partial charge is 0.254 e. The van der Waals surface area contributed by atoms with Gasteiger partial charge in [0.15, 0.2) is 11.5 Å². The number of carbonyl (C=O) groups excluding carboxylic acids is 2. The molecule has 162 valence electrons. The monoisotopic (exact) mass is 432 g/mol. The lowest BCUT2D eigenvalue weighted by Crippen LogP contribution is -2.39. The zero-order chi connectivity index (χ0) is 21.5. The van der Waals surface area contributed by atoms with Crippen LogP contribution in [-0.2, 0) is 11.4 Å². The lowest BCUT2D eigenvalue weighted by atomic mass is 10.1. The van der Waals surface area contributed by atoms with Crippen molar-refractivity contribution in [2.45, 2.75) is 13.0 Å².